The predicted molar refractivity (Wildman–Crippen MR) is 134 cm³/mol. The van der Waals surface area contributed by atoms with Gasteiger partial charge in [0.2, 0.25) is 0 Å². The lowest BCUT2D eigenvalue weighted by Gasteiger charge is -2.38. The number of ether oxygens (including phenoxy) is 2. The monoisotopic (exact) mass is 456 g/mol. The second-order valence-electron chi connectivity index (χ2n) is 9.93. The van der Waals surface area contributed by atoms with E-state index >= 15 is 0 Å². The zero-order valence-corrected chi connectivity index (χ0v) is 20.1. The average molecular weight is 457 g/mol. The molecule has 2 aromatic rings. The van der Waals surface area contributed by atoms with E-state index in [-0.39, 0.29) is 12.4 Å². The molecule has 0 bridgehead atoms. The van der Waals surface area contributed by atoms with Crippen LogP contribution >= 0.6 is 12.4 Å². The summed E-state index contributed by atoms with van der Waals surface area (Å²) >= 11 is 0. The van der Waals surface area contributed by atoms with Crippen molar-refractivity contribution in [3.05, 3.63) is 48.5 Å². The van der Waals surface area contributed by atoms with Gasteiger partial charge in [-0.05, 0) is 68.5 Å². The number of rotatable bonds is 7. The lowest BCUT2D eigenvalue weighted by molar-refractivity contribution is 0.00512. The second-order valence-corrected chi connectivity index (χ2v) is 9.93. The molecule has 5 heteroatoms. The highest BCUT2D eigenvalue weighted by Crippen LogP contribution is 2.46. The summed E-state index contributed by atoms with van der Waals surface area (Å²) in [6, 6.07) is 17.2. The van der Waals surface area contributed by atoms with Crippen molar-refractivity contribution in [2.75, 3.05) is 37.7 Å². The standard InChI is InChI=1S/C27H36N2O2.ClH/c1-27(15-7-2-8-16-27)21-30-20-22(28-17-9-10-18-28)19-29-23-11-3-5-13-25(23)31-26-14-6-4-12-24(26)29;/h3-6,11-14,22H,2,7-10,15-21H2,1H3;1H. The summed E-state index contributed by atoms with van der Waals surface area (Å²) in [5, 5.41) is 0. The van der Waals surface area contributed by atoms with Crippen molar-refractivity contribution in [1.82, 2.24) is 4.90 Å². The van der Waals surface area contributed by atoms with Gasteiger partial charge in [-0.15, -0.1) is 12.4 Å². The quantitative estimate of drug-likeness (QED) is 0.457. The molecule has 2 heterocycles. The van der Waals surface area contributed by atoms with Crippen LogP contribution in [0.15, 0.2) is 48.5 Å². The van der Waals surface area contributed by atoms with Crippen LogP contribution in [0.2, 0.25) is 0 Å². The minimum absolute atomic E-state index is 0. The Morgan fingerprint density at radius 3 is 2.09 bits per heavy atom. The maximum absolute atomic E-state index is 6.47. The molecule has 2 aromatic carbocycles. The van der Waals surface area contributed by atoms with Gasteiger partial charge in [0.1, 0.15) is 0 Å². The molecule has 4 nitrogen and oxygen atoms in total. The van der Waals surface area contributed by atoms with Gasteiger partial charge in [-0.25, -0.2) is 0 Å². The highest BCUT2D eigenvalue weighted by Gasteiger charge is 2.31. The van der Waals surface area contributed by atoms with Gasteiger partial charge in [0.05, 0.1) is 30.6 Å². The number of fused-ring (bicyclic) bond motifs is 2. The summed E-state index contributed by atoms with van der Waals surface area (Å²) < 4.78 is 12.7. The highest BCUT2D eigenvalue weighted by molar-refractivity contribution is 5.85. The van der Waals surface area contributed by atoms with Gasteiger partial charge < -0.3 is 14.4 Å². The lowest BCUT2D eigenvalue weighted by atomic mass is 9.76. The van der Waals surface area contributed by atoms with Crippen molar-refractivity contribution in [2.24, 2.45) is 5.41 Å². The molecule has 1 unspecified atom stereocenters. The summed E-state index contributed by atoms with van der Waals surface area (Å²) in [5.74, 6) is 1.88. The number of benzene rings is 2. The van der Waals surface area contributed by atoms with E-state index in [0.717, 1.165) is 42.6 Å². The lowest BCUT2D eigenvalue weighted by Crippen LogP contribution is -2.45. The van der Waals surface area contributed by atoms with Crippen LogP contribution in [0.3, 0.4) is 0 Å². The fourth-order valence-corrected chi connectivity index (χ4v) is 5.56. The van der Waals surface area contributed by atoms with Crippen LogP contribution in [0.25, 0.3) is 0 Å². The number of nitrogens with zero attached hydrogens (tertiary/aromatic N) is 2. The van der Waals surface area contributed by atoms with Crippen molar-refractivity contribution in [1.29, 1.82) is 0 Å². The molecule has 0 amide bonds. The Kier molecular flexibility index (Phi) is 7.65. The zero-order valence-electron chi connectivity index (χ0n) is 19.3. The van der Waals surface area contributed by atoms with E-state index in [0.29, 0.717) is 11.5 Å². The fraction of sp³-hybridized carbons (Fsp3) is 0.556. The van der Waals surface area contributed by atoms with Gasteiger partial charge in [-0.2, -0.15) is 0 Å². The Bertz CT molecular complexity index is 832. The Labute approximate surface area is 199 Å². The molecule has 5 rings (SSSR count). The molecule has 0 aromatic heterocycles. The van der Waals surface area contributed by atoms with Crippen molar-refractivity contribution in [2.45, 2.75) is 57.9 Å². The molecular formula is C27H37ClN2O2. The molecule has 174 valence electrons. The van der Waals surface area contributed by atoms with Crippen molar-refractivity contribution in [3.63, 3.8) is 0 Å². The summed E-state index contributed by atoms with van der Waals surface area (Å²) in [6.45, 7) is 7.41. The largest absolute Gasteiger partial charge is 0.453 e. The first-order valence-corrected chi connectivity index (χ1v) is 12.2. The maximum Gasteiger partial charge on any atom is 0.151 e. The minimum Gasteiger partial charge on any atom is -0.453 e. The third-order valence-electron chi connectivity index (χ3n) is 7.40. The van der Waals surface area contributed by atoms with Gasteiger partial charge in [0.25, 0.3) is 0 Å². The number of para-hydroxylation sites is 4. The molecule has 2 fully saturated rings. The molecule has 0 spiro atoms. The van der Waals surface area contributed by atoms with Crippen LogP contribution in [-0.2, 0) is 4.74 Å². The summed E-state index contributed by atoms with van der Waals surface area (Å²) in [4.78, 5) is 5.09. The number of anilines is 2. The molecule has 2 aliphatic heterocycles. The van der Waals surface area contributed by atoms with Gasteiger partial charge in [0, 0.05) is 6.54 Å². The normalized spacial score (nSPS) is 20.6. The molecule has 1 aliphatic carbocycles. The molecule has 0 radical (unpaired) electrons. The predicted octanol–water partition coefficient (Wildman–Crippen LogP) is 6.80. The first kappa shape index (κ1) is 23.4. The van der Waals surface area contributed by atoms with Gasteiger partial charge >= 0.3 is 0 Å². The third-order valence-corrected chi connectivity index (χ3v) is 7.40. The van der Waals surface area contributed by atoms with Crippen LogP contribution in [0.5, 0.6) is 11.5 Å². The van der Waals surface area contributed by atoms with E-state index in [9.17, 15) is 0 Å². The Morgan fingerprint density at radius 2 is 1.47 bits per heavy atom. The molecule has 32 heavy (non-hydrogen) atoms. The number of hydrogen-bond acceptors (Lipinski definition) is 4. The average Bonchev–Trinajstić information content (AvgIpc) is 3.33. The molecular weight excluding hydrogens is 420 g/mol. The first-order chi connectivity index (χ1) is 15.2. The van der Waals surface area contributed by atoms with E-state index in [1.54, 1.807) is 0 Å². The van der Waals surface area contributed by atoms with E-state index in [1.165, 1.54) is 58.0 Å². The topological polar surface area (TPSA) is 24.9 Å². The summed E-state index contributed by atoms with van der Waals surface area (Å²) in [5.41, 5.74) is 2.68. The molecule has 1 atom stereocenters. The number of likely N-dealkylation sites (tertiary alicyclic amines) is 1. The van der Waals surface area contributed by atoms with Crippen molar-refractivity contribution < 1.29 is 9.47 Å². The number of hydrogen-bond donors (Lipinski definition) is 0. The zero-order chi connectivity index (χ0) is 21.1. The van der Waals surface area contributed by atoms with Crippen molar-refractivity contribution in [3.8, 4) is 11.5 Å². The smallest absolute Gasteiger partial charge is 0.151 e. The van der Waals surface area contributed by atoms with Crippen molar-refractivity contribution >= 4 is 23.8 Å². The van der Waals surface area contributed by atoms with E-state index in [2.05, 4.69) is 65.3 Å². The third kappa shape index (κ3) is 5.08. The van der Waals surface area contributed by atoms with Crippen LogP contribution in [0.1, 0.15) is 51.9 Å². The maximum atomic E-state index is 6.47. The van der Waals surface area contributed by atoms with E-state index in [1.807, 2.05) is 0 Å². The fourth-order valence-electron chi connectivity index (χ4n) is 5.56. The summed E-state index contributed by atoms with van der Waals surface area (Å²) in [7, 11) is 0. The summed E-state index contributed by atoms with van der Waals surface area (Å²) in [6.07, 6.45) is 9.32. The molecule has 0 N–H and O–H groups in total. The minimum atomic E-state index is 0. The molecule has 3 aliphatic rings. The van der Waals surface area contributed by atoms with E-state index in [4.69, 9.17) is 9.47 Å². The Morgan fingerprint density at radius 1 is 0.875 bits per heavy atom. The van der Waals surface area contributed by atoms with Crippen LogP contribution in [-0.4, -0.2) is 43.8 Å². The first-order valence-electron chi connectivity index (χ1n) is 12.2. The Balaban J connectivity index is 0.00000245. The molecule has 1 saturated heterocycles. The van der Waals surface area contributed by atoms with Crippen LogP contribution in [0.4, 0.5) is 11.4 Å². The Hall–Kier alpha value is -1.75. The van der Waals surface area contributed by atoms with Crippen LogP contribution in [0, 0.1) is 5.41 Å². The number of halogens is 1. The molecule has 1 saturated carbocycles. The SMILES string of the molecule is CC1(COCC(CN2c3ccccc3Oc3ccccc32)N2CCCC2)CCCCC1.Cl. The van der Waals surface area contributed by atoms with Crippen LogP contribution < -0.4 is 9.64 Å². The van der Waals surface area contributed by atoms with Gasteiger partial charge in [-0.1, -0.05) is 50.5 Å². The second kappa shape index (κ2) is 10.5. The van der Waals surface area contributed by atoms with Gasteiger partial charge in [-0.3, -0.25) is 4.90 Å². The highest BCUT2D eigenvalue weighted by atomic mass is 35.5. The van der Waals surface area contributed by atoms with Gasteiger partial charge in [0.15, 0.2) is 11.5 Å². The van der Waals surface area contributed by atoms with E-state index < -0.39 is 0 Å².